The van der Waals surface area contributed by atoms with Gasteiger partial charge in [-0.25, -0.2) is 4.79 Å². The second kappa shape index (κ2) is 9.15. The molecule has 2 aromatic rings. The highest BCUT2D eigenvalue weighted by molar-refractivity contribution is 6.64. The van der Waals surface area contributed by atoms with Crippen molar-refractivity contribution in [2.75, 3.05) is 18.6 Å². The zero-order valence-electron chi connectivity index (χ0n) is 14.6. The first-order valence-electron chi connectivity index (χ1n) is 7.99. The number of methoxy groups -OCH3 is 1. The molecule has 1 amide bonds. The third-order valence-corrected chi connectivity index (χ3v) is 3.57. The molecule has 0 fully saturated rings. The summed E-state index contributed by atoms with van der Waals surface area (Å²) in [5, 5.41) is 0. The maximum Gasteiger partial charge on any atom is 0.463 e. The fourth-order valence-electron chi connectivity index (χ4n) is 2.33. The number of hydrogen-bond acceptors (Lipinski definition) is 4. The molecule has 0 radical (unpaired) electrons. The number of anilines is 1. The molecule has 134 valence electrons. The third-order valence-electron chi connectivity index (χ3n) is 3.57. The molecule has 0 aliphatic rings. The molecule has 0 aromatic heterocycles. The largest absolute Gasteiger partial charge is 0.494 e. The van der Waals surface area contributed by atoms with E-state index in [9.17, 15) is 9.59 Å². The van der Waals surface area contributed by atoms with E-state index in [0.29, 0.717) is 18.0 Å². The van der Waals surface area contributed by atoms with Gasteiger partial charge in [-0.2, -0.15) is 4.79 Å². The predicted molar refractivity (Wildman–Crippen MR) is 95.9 cm³/mol. The van der Waals surface area contributed by atoms with Gasteiger partial charge in [-0.3, -0.25) is 9.69 Å². The molecule has 0 aliphatic heterocycles. The third kappa shape index (κ3) is 4.55. The zero-order chi connectivity index (χ0) is 18.9. The van der Waals surface area contributed by atoms with E-state index >= 15 is 0 Å². The Kier molecular flexibility index (Phi) is 6.65. The van der Waals surface area contributed by atoms with Crippen molar-refractivity contribution in [3.8, 4) is 5.75 Å². The van der Waals surface area contributed by atoms with Crippen LogP contribution in [0.2, 0.25) is 0 Å². The molecule has 0 N–H and O–H groups in total. The first kappa shape index (κ1) is 18.9. The van der Waals surface area contributed by atoms with Crippen LogP contribution in [0.5, 0.6) is 5.75 Å². The minimum Gasteiger partial charge on any atom is -0.494 e. The number of benzene rings is 2. The van der Waals surface area contributed by atoms with Crippen molar-refractivity contribution in [2.24, 2.45) is 0 Å². The Balaban J connectivity index is 2.39. The highest BCUT2D eigenvalue weighted by atomic mass is 16.5. The van der Waals surface area contributed by atoms with Gasteiger partial charge in [-0.15, -0.1) is 0 Å². The normalized spacial score (nSPS) is 9.77. The van der Waals surface area contributed by atoms with Crippen molar-refractivity contribution >= 4 is 23.3 Å². The molecule has 0 saturated carbocycles. The number of rotatable bonds is 7. The zero-order valence-corrected chi connectivity index (χ0v) is 14.6. The number of carbonyl (C=O) groups is 2. The van der Waals surface area contributed by atoms with Crippen LogP contribution in [0.4, 0.5) is 5.69 Å². The SMILES string of the molecule is CCOc1ccc(N(Cc2ccccc2)C(=O)C(=[N+]=[N-])C(=O)OC)cc1. The standard InChI is InChI=1S/C19H19N3O4/c1-3-26-16-11-9-15(10-12-16)22(13-14-7-5-4-6-8-14)18(23)17(21-20)19(24)25-2/h4-12H,3,13H2,1-2H3. The van der Waals surface area contributed by atoms with Gasteiger partial charge >= 0.3 is 17.6 Å². The summed E-state index contributed by atoms with van der Waals surface area (Å²) < 4.78 is 9.92. The van der Waals surface area contributed by atoms with E-state index < -0.39 is 17.6 Å². The maximum atomic E-state index is 12.8. The van der Waals surface area contributed by atoms with Gasteiger partial charge < -0.3 is 15.0 Å². The van der Waals surface area contributed by atoms with Gasteiger partial charge in [0.15, 0.2) is 0 Å². The van der Waals surface area contributed by atoms with Gasteiger partial charge in [-0.05, 0) is 36.8 Å². The van der Waals surface area contributed by atoms with Crippen LogP contribution in [-0.4, -0.2) is 36.1 Å². The van der Waals surface area contributed by atoms with Crippen LogP contribution in [-0.2, 0) is 20.9 Å². The molecule has 26 heavy (non-hydrogen) atoms. The molecule has 7 nitrogen and oxygen atoms in total. The smallest absolute Gasteiger partial charge is 0.463 e. The highest BCUT2D eigenvalue weighted by Crippen LogP contribution is 2.22. The van der Waals surface area contributed by atoms with E-state index in [2.05, 4.69) is 9.53 Å². The molecule has 2 aromatic carbocycles. The van der Waals surface area contributed by atoms with E-state index in [0.717, 1.165) is 12.7 Å². The van der Waals surface area contributed by atoms with Gasteiger partial charge in [0.1, 0.15) is 5.75 Å². The van der Waals surface area contributed by atoms with Crippen LogP contribution in [0.1, 0.15) is 12.5 Å². The van der Waals surface area contributed by atoms with Gasteiger partial charge in [0.2, 0.25) is 0 Å². The summed E-state index contributed by atoms with van der Waals surface area (Å²) in [6.07, 6.45) is 0. The van der Waals surface area contributed by atoms with E-state index in [4.69, 9.17) is 10.3 Å². The van der Waals surface area contributed by atoms with Crippen LogP contribution in [0, 0.1) is 0 Å². The van der Waals surface area contributed by atoms with E-state index in [1.165, 1.54) is 4.90 Å². The van der Waals surface area contributed by atoms with Gasteiger partial charge in [0.05, 0.1) is 20.3 Å². The molecule has 0 aliphatic carbocycles. The van der Waals surface area contributed by atoms with Crippen LogP contribution in [0.15, 0.2) is 54.6 Å². The quantitative estimate of drug-likeness (QED) is 0.251. The van der Waals surface area contributed by atoms with Crippen molar-refractivity contribution in [2.45, 2.75) is 13.5 Å². The number of amides is 1. The summed E-state index contributed by atoms with van der Waals surface area (Å²) in [6, 6.07) is 16.1. The Morgan fingerprint density at radius 1 is 1.08 bits per heavy atom. The summed E-state index contributed by atoms with van der Waals surface area (Å²) in [4.78, 5) is 28.7. The Labute approximate surface area is 151 Å². The van der Waals surface area contributed by atoms with Gasteiger partial charge in [0.25, 0.3) is 0 Å². The monoisotopic (exact) mass is 353 g/mol. The Hall–Kier alpha value is -3.44. The lowest BCUT2D eigenvalue weighted by molar-refractivity contribution is -0.139. The number of carbonyl (C=O) groups excluding carboxylic acids is 2. The predicted octanol–water partition coefficient (Wildman–Crippen LogP) is 2.46. The van der Waals surface area contributed by atoms with Crippen LogP contribution in [0.25, 0.3) is 5.53 Å². The molecule has 0 heterocycles. The molecule has 2 rings (SSSR count). The van der Waals surface area contributed by atoms with Crippen molar-refractivity contribution in [1.29, 1.82) is 0 Å². The molecule has 0 spiro atoms. The van der Waals surface area contributed by atoms with E-state index in [1.807, 2.05) is 37.3 Å². The lowest BCUT2D eigenvalue weighted by Gasteiger charge is -2.21. The van der Waals surface area contributed by atoms with Crippen molar-refractivity contribution < 1.29 is 23.9 Å². The average molecular weight is 353 g/mol. The molecule has 0 bridgehead atoms. The van der Waals surface area contributed by atoms with E-state index in [-0.39, 0.29) is 6.54 Å². The molecular formula is C19H19N3O4. The van der Waals surface area contributed by atoms with Gasteiger partial charge in [-0.1, -0.05) is 30.3 Å². The topological polar surface area (TPSA) is 92.2 Å². The van der Waals surface area contributed by atoms with Gasteiger partial charge in [0, 0.05) is 5.69 Å². The molecule has 0 unspecified atom stereocenters. The Bertz CT molecular complexity index is 812. The summed E-state index contributed by atoms with van der Waals surface area (Å²) in [6.45, 7) is 2.58. The highest BCUT2D eigenvalue weighted by Gasteiger charge is 2.35. The minimum absolute atomic E-state index is 0.184. The fraction of sp³-hybridized carbons (Fsp3) is 0.211. The Morgan fingerprint density at radius 3 is 2.27 bits per heavy atom. The van der Waals surface area contributed by atoms with Crippen molar-refractivity contribution in [3.63, 3.8) is 0 Å². The summed E-state index contributed by atoms with van der Waals surface area (Å²) in [5.74, 6) is -1.12. The maximum absolute atomic E-state index is 12.8. The summed E-state index contributed by atoms with van der Waals surface area (Å²) >= 11 is 0. The second-order valence-corrected chi connectivity index (χ2v) is 5.24. The van der Waals surface area contributed by atoms with Crippen molar-refractivity contribution in [3.05, 3.63) is 65.7 Å². The molecule has 0 saturated heterocycles. The lowest BCUT2D eigenvalue weighted by Crippen LogP contribution is -2.40. The lowest BCUT2D eigenvalue weighted by atomic mass is 10.1. The fourth-order valence-corrected chi connectivity index (χ4v) is 2.33. The number of nitrogens with zero attached hydrogens (tertiary/aromatic N) is 3. The van der Waals surface area contributed by atoms with Crippen LogP contribution < -0.4 is 9.64 Å². The number of hydrogen-bond donors (Lipinski definition) is 0. The number of ether oxygens (including phenoxy) is 2. The molecule has 0 atom stereocenters. The minimum atomic E-state index is -1.01. The van der Waals surface area contributed by atoms with Crippen LogP contribution >= 0.6 is 0 Å². The number of esters is 1. The van der Waals surface area contributed by atoms with Crippen molar-refractivity contribution in [1.82, 2.24) is 0 Å². The van der Waals surface area contributed by atoms with Crippen LogP contribution in [0.3, 0.4) is 0 Å². The Morgan fingerprint density at radius 2 is 1.73 bits per heavy atom. The first-order chi connectivity index (χ1) is 12.6. The van der Waals surface area contributed by atoms with E-state index in [1.54, 1.807) is 24.3 Å². The average Bonchev–Trinajstić information content (AvgIpc) is 2.68. The second-order valence-electron chi connectivity index (χ2n) is 5.24. The summed E-state index contributed by atoms with van der Waals surface area (Å²) in [7, 11) is 1.11. The summed E-state index contributed by atoms with van der Waals surface area (Å²) in [5.41, 5.74) is 9.76. The first-order valence-corrected chi connectivity index (χ1v) is 7.99. The molecular weight excluding hydrogens is 334 g/mol. The molecule has 7 heteroatoms.